The first-order chi connectivity index (χ1) is 11.1. The minimum absolute atomic E-state index is 0.450. The van der Waals surface area contributed by atoms with Crippen LogP contribution in [0.25, 0.3) is 0 Å². The first kappa shape index (κ1) is 17.2. The summed E-state index contributed by atoms with van der Waals surface area (Å²) in [6.45, 7) is 6.33. The van der Waals surface area contributed by atoms with E-state index in [1.54, 1.807) is 6.20 Å². The van der Waals surface area contributed by atoms with Crippen LogP contribution in [-0.2, 0) is 0 Å². The Morgan fingerprint density at radius 1 is 1.13 bits per heavy atom. The maximum absolute atomic E-state index is 4.54. The molecule has 0 unspecified atom stereocenters. The number of nitrogens with zero attached hydrogens (tertiary/aromatic N) is 3. The van der Waals surface area contributed by atoms with Gasteiger partial charge >= 0.3 is 0 Å². The molecule has 0 aliphatic rings. The Bertz CT molecular complexity index is 610. The highest BCUT2D eigenvalue weighted by molar-refractivity contribution is 5.60. The van der Waals surface area contributed by atoms with E-state index in [-0.39, 0.29) is 0 Å². The predicted molar refractivity (Wildman–Crippen MR) is 97.5 cm³/mol. The summed E-state index contributed by atoms with van der Waals surface area (Å²) >= 11 is 0. The fourth-order valence-electron chi connectivity index (χ4n) is 2.36. The van der Waals surface area contributed by atoms with Crippen molar-refractivity contribution in [3.8, 4) is 0 Å². The van der Waals surface area contributed by atoms with Crippen LogP contribution in [0.2, 0.25) is 0 Å². The Hall–Kier alpha value is -2.14. The first-order valence-electron chi connectivity index (χ1n) is 8.14. The number of aromatic nitrogens is 2. The third kappa shape index (κ3) is 5.53. The van der Waals surface area contributed by atoms with Gasteiger partial charge in [0.05, 0.1) is 0 Å². The zero-order valence-corrected chi connectivity index (χ0v) is 14.5. The van der Waals surface area contributed by atoms with Gasteiger partial charge in [-0.05, 0) is 50.7 Å². The average Bonchev–Trinajstić information content (AvgIpc) is 2.52. The van der Waals surface area contributed by atoms with Crippen LogP contribution in [0.4, 0.5) is 17.5 Å². The van der Waals surface area contributed by atoms with Crippen LogP contribution in [0.1, 0.15) is 31.7 Å². The normalized spacial score (nSPS) is 11.0. The number of hydrogen-bond donors (Lipinski definition) is 2. The van der Waals surface area contributed by atoms with Gasteiger partial charge in [0, 0.05) is 18.4 Å². The molecule has 0 saturated heterocycles. The van der Waals surface area contributed by atoms with Crippen LogP contribution in [0.5, 0.6) is 0 Å². The summed E-state index contributed by atoms with van der Waals surface area (Å²) in [7, 11) is 4.16. The summed E-state index contributed by atoms with van der Waals surface area (Å²) in [5.41, 5.74) is 2.33. The lowest BCUT2D eigenvalue weighted by Gasteiger charge is -2.14. The number of nitrogens with one attached hydrogen (secondary N) is 2. The van der Waals surface area contributed by atoms with Gasteiger partial charge in [0.25, 0.3) is 0 Å². The van der Waals surface area contributed by atoms with E-state index in [4.69, 9.17) is 0 Å². The quantitative estimate of drug-likeness (QED) is 0.728. The molecule has 0 saturated carbocycles. The lowest BCUT2D eigenvalue weighted by molar-refractivity contribution is 0.405. The van der Waals surface area contributed by atoms with Crippen LogP contribution < -0.4 is 10.6 Å². The molecule has 124 valence electrons. The summed E-state index contributed by atoms with van der Waals surface area (Å²) in [6.07, 6.45) is 2.86. The van der Waals surface area contributed by atoms with Crippen LogP contribution in [0, 0.1) is 0 Å². The maximum atomic E-state index is 4.54. The molecule has 5 heteroatoms. The molecule has 5 nitrogen and oxygen atoms in total. The molecular formula is C18H27N5. The van der Waals surface area contributed by atoms with Crippen LogP contribution in [0.15, 0.2) is 36.5 Å². The Labute approximate surface area is 139 Å². The zero-order chi connectivity index (χ0) is 16.7. The highest BCUT2D eigenvalue weighted by Gasteiger charge is 2.07. The van der Waals surface area contributed by atoms with E-state index < -0.39 is 0 Å². The van der Waals surface area contributed by atoms with Crippen molar-refractivity contribution in [1.29, 1.82) is 0 Å². The molecule has 2 aromatic rings. The van der Waals surface area contributed by atoms with Crippen LogP contribution >= 0.6 is 0 Å². The molecule has 0 fully saturated rings. The molecule has 1 aromatic heterocycles. The number of rotatable bonds is 8. The minimum atomic E-state index is 0.450. The topological polar surface area (TPSA) is 53.1 Å². The van der Waals surface area contributed by atoms with Crippen molar-refractivity contribution in [2.75, 3.05) is 37.8 Å². The zero-order valence-electron chi connectivity index (χ0n) is 14.5. The second-order valence-electron chi connectivity index (χ2n) is 6.22. The average molecular weight is 313 g/mol. The molecule has 1 aromatic carbocycles. The second kappa shape index (κ2) is 8.48. The van der Waals surface area contributed by atoms with E-state index in [1.165, 1.54) is 5.56 Å². The van der Waals surface area contributed by atoms with Gasteiger partial charge < -0.3 is 15.5 Å². The van der Waals surface area contributed by atoms with Crippen molar-refractivity contribution < 1.29 is 0 Å². The standard InChI is InChI=1S/C18H27N5/c1-14(2)15-8-5-6-9-16(15)21-18-20-12-10-17(22-18)19-11-7-13-23(3)4/h5-6,8-10,12,14H,7,11,13H2,1-4H3,(H2,19,20,21,22). The molecule has 0 aliphatic heterocycles. The summed E-state index contributed by atoms with van der Waals surface area (Å²) in [4.78, 5) is 11.0. The van der Waals surface area contributed by atoms with Crippen molar-refractivity contribution in [2.45, 2.75) is 26.2 Å². The Balaban J connectivity index is 2.00. The summed E-state index contributed by atoms with van der Waals surface area (Å²) in [5, 5.41) is 6.68. The Morgan fingerprint density at radius 3 is 2.65 bits per heavy atom. The van der Waals surface area contributed by atoms with E-state index in [2.05, 4.69) is 71.6 Å². The summed E-state index contributed by atoms with van der Waals surface area (Å²) in [5.74, 6) is 1.92. The maximum Gasteiger partial charge on any atom is 0.229 e. The molecule has 2 rings (SSSR count). The molecule has 0 spiro atoms. The van der Waals surface area contributed by atoms with Crippen molar-refractivity contribution in [2.24, 2.45) is 0 Å². The van der Waals surface area contributed by atoms with Gasteiger partial charge in [0.15, 0.2) is 0 Å². The molecule has 2 N–H and O–H groups in total. The number of anilines is 3. The molecule has 0 bridgehead atoms. The molecule has 0 atom stereocenters. The van der Waals surface area contributed by atoms with E-state index in [1.807, 2.05) is 12.1 Å². The number of hydrogen-bond acceptors (Lipinski definition) is 5. The number of benzene rings is 1. The van der Waals surface area contributed by atoms with Crippen molar-refractivity contribution in [3.63, 3.8) is 0 Å². The molecule has 0 amide bonds. The van der Waals surface area contributed by atoms with E-state index in [0.717, 1.165) is 31.0 Å². The van der Waals surface area contributed by atoms with Gasteiger partial charge in [-0.1, -0.05) is 32.0 Å². The third-order valence-electron chi connectivity index (χ3n) is 3.57. The summed E-state index contributed by atoms with van der Waals surface area (Å²) in [6, 6.07) is 10.2. The molecule has 1 heterocycles. The van der Waals surface area contributed by atoms with Gasteiger partial charge in [0.2, 0.25) is 5.95 Å². The van der Waals surface area contributed by atoms with Gasteiger partial charge in [-0.25, -0.2) is 4.98 Å². The van der Waals surface area contributed by atoms with E-state index in [9.17, 15) is 0 Å². The fourth-order valence-corrected chi connectivity index (χ4v) is 2.36. The van der Waals surface area contributed by atoms with Crippen LogP contribution in [0.3, 0.4) is 0 Å². The van der Waals surface area contributed by atoms with Crippen molar-refractivity contribution >= 4 is 17.5 Å². The predicted octanol–water partition coefficient (Wildman–Crippen LogP) is 3.71. The molecular weight excluding hydrogens is 286 g/mol. The van der Waals surface area contributed by atoms with Gasteiger partial charge in [-0.3, -0.25) is 0 Å². The second-order valence-corrected chi connectivity index (χ2v) is 6.22. The van der Waals surface area contributed by atoms with Crippen molar-refractivity contribution in [3.05, 3.63) is 42.1 Å². The van der Waals surface area contributed by atoms with Gasteiger partial charge in [0.1, 0.15) is 5.82 Å². The lowest BCUT2D eigenvalue weighted by Crippen LogP contribution is -2.16. The fraction of sp³-hybridized carbons (Fsp3) is 0.444. The molecule has 0 aliphatic carbocycles. The highest BCUT2D eigenvalue weighted by Crippen LogP contribution is 2.25. The SMILES string of the molecule is CC(C)c1ccccc1Nc1nccc(NCCCN(C)C)n1. The minimum Gasteiger partial charge on any atom is -0.370 e. The third-order valence-corrected chi connectivity index (χ3v) is 3.57. The lowest BCUT2D eigenvalue weighted by atomic mass is 10.0. The number of para-hydroxylation sites is 1. The van der Waals surface area contributed by atoms with Crippen molar-refractivity contribution in [1.82, 2.24) is 14.9 Å². The first-order valence-corrected chi connectivity index (χ1v) is 8.14. The van der Waals surface area contributed by atoms with E-state index in [0.29, 0.717) is 11.9 Å². The van der Waals surface area contributed by atoms with Crippen LogP contribution in [-0.4, -0.2) is 42.1 Å². The van der Waals surface area contributed by atoms with E-state index >= 15 is 0 Å². The Morgan fingerprint density at radius 2 is 1.91 bits per heavy atom. The largest absolute Gasteiger partial charge is 0.370 e. The summed E-state index contributed by atoms with van der Waals surface area (Å²) < 4.78 is 0. The monoisotopic (exact) mass is 313 g/mol. The Kier molecular flexibility index (Phi) is 6.35. The molecule has 0 radical (unpaired) electrons. The van der Waals surface area contributed by atoms with Gasteiger partial charge in [-0.2, -0.15) is 4.98 Å². The highest BCUT2D eigenvalue weighted by atomic mass is 15.1. The molecule has 23 heavy (non-hydrogen) atoms. The smallest absolute Gasteiger partial charge is 0.229 e. The van der Waals surface area contributed by atoms with Gasteiger partial charge in [-0.15, -0.1) is 0 Å².